The van der Waals surface area contributed by atoms with Gasteiger partial charge >= 0.3 is 0 Å². The molecule has 0 bridgehead atoms. The molecule has 0 aromatic carbocycles. The molecule has 60 valence electrons. The summed E-state index contributed by atoms with van der Waals surface area (Å²) in [6, 6.07) is 0. The van der Waals surface area contributed by atoms with Crippen LogP contribution in [0, 0.1) is 5.41 Å². The zero-order valence-corrected chi connectivity index (χ0v) is 9.94. The number of Topliss-reactive ketones (excluding diaryl/α,β-unsaturated/α-hetero) is 1. The second-order valence-electron chi connectivity index (χ2n) is 3.74. The fraction of sp³-hybridized carbons (Fsp3) is 0.571. The first-order valence-electron chi connectivity index (χ1n) is 3.64. The lowest BCUT2D eigenvalue weighted by Crippen LogP contribution is -2.22. The normalized spacial score (nSPS) is 14.2. The van der Waals surface area contributed by atoms with Crippen LogP contribution >= 0.6 is 22.6 Å². The molecule has 0 aliphatic rings. The molecule has 1 nitrogen and oxygen atoms in total. The highest BCUT2D eigenvalue weighted by atomic mass is 127. The molecule has 0 amide bonds. The minimum atomic E-state index is -0.240. The van der Waals surface area contributed by atoms with E-state index in [4.69, 9.17) is 0 Å². The van der Waals surface area contributed by atoms with Crippen molar-refractivity contribution in [2.45, 2.75) is 20.8 Å². The van der Waals surface area contributed by atoms with Gasteiger partial charge in [-0.3, -0.25) is 4.79 Å². The summed E-state index contributed by atoms with van der Waals surface area (Å²) in [5, 5.41) is 0. The summed E-state index contributed by atoms with van der Waals surface area (Å²) in [7, 11) is 3.84. The van der Waals surface area contributed by atoms with Crippen molar-refractivity contribution in [3.8, 4) is 0 Å². The molecule has 4 heteroatoms. The van der Waals surface area contributed by atoms with E-state index in [1.54, 1.807) is 0 Å². The molecule has 0 aromatic rings. The molecule has 0 unspecified atom stereocenters. The van der Waals surface area contributed by atoms with Crippen molar-refractivity contribution < 1.29 is 4.79 Å². The Balaban J connectivity index is 4.67. The lowest BCUT2D eigenvalue weighted by Gasteiger charge is -2.17. The van der Waals surface area contributed by atoms with E-state index in [-0.39, 0.29) is 11.2 Å². The first-order valence-corrected chi connectivity index (χ1v) is 4.72. The maximum atomic E-state index is 11.5. The van der Waals surface area contributed by atoms with Gasteiger partial charge in [0.2, 0.25) is 0 Å². The number of hydrogen-bond acceptors (Lipinski definition) is 1. The minimum Gasteiger partial charge on any atom is -0.295 e. The molecule has 0 aliphatic heterocycles. The Hall–Kier alpha value is 0.270. The SMILES string of the molecule is B/C(I)=C(\B)C(=O)C(C)(C)C. The van der Waals surface area contributed by atoms with Gasteiger partial charge in [0.1, 0.15) is 15.7 Å². The van der Waals surface area contributed by atoms with Crippen LogP contribution in [0.1, 0.15) is 20.8 Å². The average Bonchev–Trinajstić information content (AvgIpc) is 1.82. The molecule has 0 fully saturated rings. The second-order valence-corrected chi connectivity index (χ2v) is 5.36. The number of hydrogen-bond donors (Lipinski definition) is 0. The molecular weight excluding hydrogens is 249 g/mol. The highest BCUT2D eigenvalue weighted by Crippen LogP contribution is 2.20. The zero-order chi connectivity index (χ0) is 9.23. The fourth-order valence-electron chi connectivity index (χ4n) is 0.719. The van der Waals surface area contributed by atoms with Crippen molar-refractivity contribution in [1.82, 2.24) is 0 Å². The largest absolute Gasteiger partial charge is 0.295 e. The smallest absolute Gasteiger partial charge is 0.154 e. The summed E-state index contributed by atoms with van der Waals surface area (Å²) in [6.45, 7) is 5.83. The Kier molecular flexibility index (Phi) is 3.88. The molecule has 0 aromatic heterocycles. The predicted molar refractivity (Wildman–Crippen MR) is 62.6 cm³/mol. The average molecular weight is 262 g/mol. The number of allylic oxidation sites excluding steroid dienone is 1. The van der Waals surface area contributed by atoms with Gasteiger partial charge in [-0.25, -0.2) is 0 Å². The number of ketones is 1. The van der Waals surface area contributed by atoms with Crippen molar-refractivity contribution in [1.29, 1.82) is 0 Å². The molecule has 0 heterocycles. The van der Waals surface area contributed by atoms with Crippen molar-refractivity contribution in [3.63, 3.8) is 0 Å². The van der Waals surface area contributed by atoms with Crippen molar-refractivity contribution in [2.75, 3.05) is 0 Å². The van der Waals surface area contributed by atoms with Crippen LogP contribution in [-0.4, -0.2) is 21.5 Å². The second kappa shape index (κ2) is 3.78. The Bertz CT molecular complexity index is 199. The van der Waals surface area contributed by atoms with Gasteiger partial charge in [-0.2, -0.15) is 0 Å². The van der Waals surface area contributed by atoms with Crippen LogP contribution in [0.3, 0.4) is 0 Å². The first-order chi connectivity index (χ1) is 4.76. The van der Waals surface area contributed by atoms with E-state index < -0.39 is 0 Å². The highest BCUT2D eigenvalue weighted by Gasteiger charge is 2.22. The minimum absolute atomic E-state index is 0.240. The topological polar surface area (TPSA) is 17.1 Å². The quantitative estimate of drug-likeness (QED) is 0.381. The summed E-state index contributed by atoms with van der Waals surface area (Å²) >= 11 is 2.18. The summed E-state index contributed by atoms with van der Waals surface area (Å²) in [6.07, 6.45) is 0. The van der Waals surface area contributed by atoms with Crippen molar-refractivity contribution in [2.24, 2.45) is 5.41 Å². The summed E-state index contributed by atoms with van der Waals surface area (Å²) in [4.78, 5) is 11.5. The van der Waals surface area contributed by atoms with Gasteiger partial charge in [0.15, 0.2) is 5.78 Å². The molecule has 0 N–H and O–H groups in total. The lowest BCUT2D eigenvalue weighted by molar-refractivity contribution is -0.121. The third kappa shape index (κ3) is 3.45. The number of rotatable bonds is 1. The maximum Gasteiger partial charge on any atom is 0.154 e. The maximum absolute atomic E-state index is 11.5. The third-order valence-electron chi connectivity index (χ3n) is 1.54. The van der Waals surface area contributed by atoms with Crippen LogP contribution in [0.5, 0.6) is 0 Å². The molecule has 0 radical (unpaired) electrons. The van der Waals surface area contributed by atoms with E-state index in [0.717, 1.165) is 8.95 Å². The first kappa shape index (κ1) is 11.3. The van der Waals surface area contributed by atoms with Crippen LogP contribution in [0.2, 0.25) is 0 Å². The van der Waals surface area contributed by atoms with Gasteiger partial charge in [-0.1, -0.05) is 46.8 Å². The van der Waals surface area contributed by atoms with Crippen LogP contribution < -0.4 is 0 Å². The van der Waals surface area contributed by atoms with Gasteiger partial charge in [0, 0.05) is 5.41 Å². The van der Waals surface area contributed by atoms with Crippen LogP contribution in [0.4, 0.5) is 0 Å². The number of carbonyl (C=O) groups excluding carboxylic acids is 1. The van der Waals surface area contributed by atoms with E-state index in [9.17, 15) is 4.79 Å². The third-order valence-corrected chi connectivity index (χ3v) is 2.35. The highest BCUT2D eigenvalue weighted by molar-refractivity contribution is 14.1. The van der Waals surface area contributed by atoms with Crippen LogP contribution in [0.15, 0.2) is 8.95 Å². The Morgan fingerprint density at radius 1 is 1.27 bits per heavy atom. The fourth-order valence-corrected chi connectivity index (χ4v) is 0.964. The molecule has 11 heavy (non-hydrogen) atoms. The van der Waals surface area contributed by atoms with Crippen LogP contribution in [-0.2, 0) is 4.79 Å². The zero-order valence-electron chi connectivity index (χ0n) is 7.79. The van der Waals surface area contributed by atoms with E-state index >= 15 is 0 Å². The molecule has 0 atom stereocenters. The monoisotopic (exact) mass is 262 g/mol. The van der Waals surface area contributed by atoms with Crippen molar-refractivity contribution >= 4 is 44.1 Å². The number of carbonyl (C=O) groups is 1. The Labute approximate surface area is 84.0 Å². The van der Waals surface area contributed by atoms with E-state index in [0.29, 0.717) is 0 Å². The molecule has 0 spiro atoms. The van der Waals surface area contributed by atoms with E-state index in [1.807, 2.05) is 36.5 Å². The lowest BCUT2D eigenvalue weighted by atomic mass is 9.76. The Morgan fingerprint density at radius 3 is 1.73 bits per heavy atom. The van der Waals surface area contributed by atoms with Gasteiger partial charge in [0.25, 0.3) is 0 Å². The van der Waals surface area contributed by atoms with Crippen LogP contribution in [0.25, 0.3) is 0 Å². The van der Waals surface area contributed by atoms with Gasteiger partial charge in [-0.05, 0) is 5.47 Å². The molecular formula is C7H13B2IO. The Morgan fingerprint density at radius 2 is 1.64 bits per heavy atom. The molecule has 0 aliphatic carbocycles. The predicted octanol–water partition coefficient (Wildman–Crippen LogP) is 0.472. The van der Waals surface area contributed by atoms with Gasteiger partial charge in [-0.15, -0.1) is 0 Å². The number of halogens is 1. The molecule has 0 rings (SSSR count). The van der Waals surface area contributed by atoms with Gasteiger partial charge < -0.3 is 0 Å². The standard InChI is InChI=1S/C7H13B2IO/c1-7(2,3)5(11)4(8)6(9)10/h8-9H2,1-3H3/b6-4+. The summed E-state index contributed by atoms with van der Waals surface area (Å²) in [5.74, 6) is 0.240. The summed E-state index contributed by atoms with van der Waals surface area (Å²) in [5.41, 5.74) is 0.648. The van der Waals surface area contributed by atoms with Crippen molar-refractivity contribution in [3.05, 3.63) is 8.95 Å². The van der Waals surface area contributed by atoms with E-state index in [2.05, 4.69) is 22.6 Å². The van der Waals surface area contributed by atoms with E-state index in [1.165, 1.54) is 0 Å². The summed E-state index contributed by atoms with van der Waals surface area (Å²) < 4.78 is 1.09. The van der Waals surface area contributed by atoms with Gasteiger partial charge in [0.05, 0.1) is 0 Å². The molecule has 0 saturated heterocycles. The molecule has 0 saturated carbocycles.